The second kappa shape index (κ2) is 5.75. The zero-order valence-corrected chi connectivity index (χ0v) is 10.3. The van der Waals surface area contributed by atoms with E-state index in [9.17, 15) is 15.2 Å². The summed E-state index contributed by atoms with van der Waals surface area (Å²) < 4.78 is 0. The Morgan fingerprint density at radius 1 is 1.35 bits per heavy atom. The molecule has 1 N–H and O–H groups in total. The Morgan fingerprint density at radius 3 is 2.24 bits per heavy atom. The minimum atomic E-state index is -0.413. The van der Waals surface area contributed by atoms with Gasteiger partial charge in [0.1, 0.15) is 0 Å². The largest absolute Gasteiger partial charge is 0.396 e. The molecular weight excluding hydrogens is 220 g/mol. The van der Waals surface area contributed by atoms with Gasteiger partial charge in [-0.25, -0.2) is 0 Å². The van der Waals surface area contributed by atoms with E-state index in [4.69, 9.17) is 0 Å². The molecule has 0 spiro atoms. The SMILES string of the molecule is C[C@H](CO)[C@@H](c1ccc([N+](=O)[O-])cc1)N(C)C. The molecule has 0 amide bonds. The molecule has 1 rings (SSSR count). The second-order valence-electron chi connectivity index (χ2n) is 4.42. The first kappa shape index (κ1) is 13.6. The van der Waals surface area contributed by atoms with Gasteiger partial charge in [-0.05, 0) is 25.6 Å². The Morgan fingerprint density at radius 2 is 1.88 bits per heavy atom. The summed E-state index contributed by atoms with van der Waals surface area (Å²) in [7, 11) is 3.86. The summed E-state index contributed by atoms with van der Waals surface area (Å²) in [6.45, 7) is 2.03. The molecule has 1 aromatic rings. The lowest BCUT2D eigenvalue weighted by Gasteiger charge is -2.29. The molecular formula is C12H18N2O3. The molecule has 0 fully saturated rings. The molecule has 0 aromatic heterocycles. The summed E-state index contributed by atoms with van der Waals surface area (Å²) in [5.74, 6) is 0.0754. The topological polar surface area (TPSA) is 66.6 Å². The van der Waals surface area contributed by atoms with Crippen LogP contribution in [-0.2, 0) is 0 Å². The van der Waals surface area contributed by atoms with Crippen molar-refractivity contribution in [2.24, 2.45) is 5.92 Å². The fourth-order valence-electron chi connectivity index (χ4n) is 2.03. The summed E-state index contributed by atoms with van der Waals surface area (Å²) in [5, 5.41) is 19.8. The maximum Gasteiger partial charge on any atom is 0.269 e. The Kier molecular flexibility index (Phi) is 4.60. The molecule has 0 aliphatic rings. The molecule has 0 radical (unpaired) electrons. The predicted molar refractivity (Wildman–Crippen MR) is 65.8 cm³/mol. The van der Waals surface area contributed by atoms with Gasteiger partial charge >= 0.3 is 0 Å². The van der Waals surface area contributed by atoms with E-state index in [-0.39, 0.29) is 24.3 Å². The number of aliphatic hydroxyl groups excluding tert-OH is 1. The van der Waals surface area contributed by atoms with Gasteiger partial charge < -0.3 is 10.0 Å². The maximum absolute atomic E-state index is 10.6. The standard InChI is InChI=1S/C12H18N2O3/c1-9(8-15)12(13(2)3)10-4-6-11(7-5-10)14(16)17/h4-7,9,12,15H,8H2,1-3H3/t9-,12+/m1/s1. The van der Waals surface area contributed by atoms with Crippen LogP contribution in [0, 0.1) is 16.0 Å². The van der Waals surface area contributed by atoms with Crippen LogP contribution in [0.1, 0.15) is 18.5 Å². The first-order valence-electron chi connectivity index (χ1n) is 5.49. The lowest BCUT2D eigenvalue weighted by molar-refractivity contribution is -0.384. The molecule has 94 valence electrons. The third kappa shape index (κ3) is 3.25. The quantitative estimate of drug-likeness (QED) is 0.627. The summed E-state index contributed by atoms with van der Waals surface area (Å²) in [6, 6.07) is 6.54. The minimum Gasteiger partial charge on any atom is -0.396 e. The van der Waals surface area contributed by atoms with Gasteiger partial charge in [-0.15, -0.1) is 0 Å². The molecule has 0 aliphatic heterocycles. The van der Waals surface area contributed by atoms with Crippen molar-refractivity contribution in [1.82, 2.24) is 4.90 Å². The number of hydrogen-bond donors (Lipinski definition) is 1. The van der Waals surface area contributed by atoms with Crippen LogP contribution in [-0.4, -0.2) is 35.6 Å². The van der Waals surface area contributed by atoms with Crippen molar-refractivity contribution in [2.45, 2.75) is 13.0 Å². The Labute approximate surface area is 101 Å². The maximum atomic E-state index is 10.6. The Balaban J connectivity index is 2.99. The molecule has 0 aliphatic carbocycles. The third-order valence-electron chi connectivity index (χ3n) is 2.83. The highest BCUT2D eigenvalue weighted by molar-refractivity contribution is 5.34. The summed E-state index contributed by atoms with van der Waals surface area (Å²) >= 11 is 0. The normalized spacial score (nSPS) is 14.6. The second-order valence-corrected chi connectivity index (χ2v) is 4.42. The Bertz CT molecular complexity index is 376. The van der Waals surface area contributed by atoms with E-state index in [2.05, 4.69) is 0 Å². The fourth-order valence-corrected chi connectivity index (χ4v) is 2.03. The summed E-state index contributed by atoms with van der Waals surface area (Å²) in [4.78, 5) is 12.2. The van der Waals surface area contributed by atoms with Gasteiger partial charge in [-0.2, -0.15) is 0 Å². The number of rotatable bonds is 5. The van der Waals surface area contributed by atoms with Crippen LogP contribution in [0.4, 0.5) is 5.69 Å². The van der Waals surface area contributed by atoms with Crippen LogP contribution in [0.15, 0.2) is 24.3 Å². The van der Waals surface area contributed by atoms with E-state index < -0.39 is 4.92 Å². The highest BCUT2D eigenvalue weighted by Crippen LogP contribution is 2.27. The molecule has 0 saturated carbocycles. The van der Waals surface area contributed by atoms with Gasteiger partial charge in [0.15, 0.2) is 0 Å². The summed E-state index contributed by atoms with van der Waals surface area (Å²) in [6.07, 6.45) is 0. The monoisotopic (exact) mass is 238 g/mol. The van der Waals surface area contributed by atoms with Gasteiger partial charge in [0.2, 0.25) is 0 Å². The molecule has 0 bridgehead atoms. The van der Waals surface area contributed by atoms with Crippen LogP contribution in [0.2, 0.25) is 0 Å². The Hall–Kier alpha value is -1.46. The minimum absolute atomic E-state index is 0.0563. The smallest absolute Gasteiger partial charge is 0.269 e. The van der Waals surface area contributed by atoms with Crippen molar-refractivity contribution in [3.8, 4) is 0 Å². The average Bonchev–Trinajstić information content (AvgIpc) is 2.29. The zero-order chi connectivity index (χ0) is 13.0. The fraction of sp³-hybridized carbons (Fsp3) is 0.500. The highest BCUT2D eigenvalue weighted by atomic mass is 16.6. The van der Waals surface area contributed by atoms with Crippen molar-refractivity contribution >= 4 is 5.69 Å². The molecule has 0 unspecified atom stereocenters. The lowest BCUT2D eigenvalue weighted by Crippen LogP contribution is -2.27. The number of nitro benzene ring substituents is 1. The van der Waals surface area contributed by atoms with E-state index in [1.165, 1.54) is 12.1 Å². The number of non-ortho nitro benzene ring substituents is 1. The lowest BCUT2D eigenvalue weighted by atomic mass is 9.94. The van der Waals surface area contributed by atoms with Crippen molar-refractivity contribution in [3.63, 3.8) is 0 Å². The number of nitrogens with zero attached hydrogens (tertiary/aromatic N) is 2. The van der Waals surface area contributed by atoms with E-state index in [0.29, 0.717) is 0 Å². The van der Waals surface area contributed by atoms with Crippen molar-refractivity contribution in [3.05, 3.63) is 39.9 Å². The van der Waals surface area contributed by atoms with E-state index >= 15 is 0 Å². The zero-order valence-electron chi connectivity index (χ0n) is 10.3. The summed E-state index contributed by atoms with van der Waals surface area (Å²) in [5.41, 5.74) is 1.06. The van der Waals surface area contributed by atoms with Gasteiger partial charge in [0.05, 0.1) is 4.92 Å². The van der Waals surface area contributed by atoms with E-state index in [1.54, 1.807) is 12.1 Å². The van der Waals surface area contributed by atoms with E-state index in [0.717, 1.165) is 5.56 Å². The highest BCUT2D eigenvalue weighted by Gasteiger charge is 2.21. The van der Waals surface area contributed by atoms with Crippen LogP contribution in [0.25, 0.3) is 0 Å². The molecule has 2 atom stereocenters. The molecule has 0 heterocycles. The molecule has 5 nitrogen and oxygen atoms in total. The number of benzene rings is 1. The van der Waals surface area contributed by atoms with Crippen LogP contribution in [0.3, 0.4) is 0 Å². The molecule has 0 saturated heterocycles. The van der Waals surface area contributed by atoms with Gasteiger partial charge in [-0.1, -0.05) is 19.1 Å². The molecule has 17 heavy (non-hydrogen) atoms. The number of hydrogen-bond acceptors (Lipinski definition) is 4. The van der Waals surface area contributed by atoms with Crippen molar-refractivity contribution < 1.29 is 10.0 Å². The first-order chi connectivity index (χ1) is 7.97. The van der Waals surface area contributed by atoms with Crippen LogP contribution >= 0.6 is 0 Å². The van der Waals surface area contributed by atoms with Gasteiger partial charge in [0, 0.05) is 24.8 Å². The molecule has 5 heteroatoms. The number of aliphatic hydroxyl groups is 1. The van der Waals surface area contributed by atoms with Crippen LogP contribution in [0.5, 0.6) is 0 Å². The van der Waals surface area contributed by atoms with Crippen molar-refractivity contribution in [2.75, 3.05) is 20.7 Å². The van der Waals surface area contributed by atoms with Crippen molar-refractivity contribution in [1.29, 1.82) is 0 Å². The van der Waals surface area contributed by atoms with Gasteiger partial charge in [-0.3, -0.25) is 10.1 Å². The first-order valence-corrected chi connectivity index (χ1v) is 5.49. The predicted octanol–water partition coefficient (Wildman–Crippen LogP) is 1.83. The third-order valence-corrected chi connectivity index (χ3v) is 2.83. The van der Waals surface area contributed by atoms with Crippen LogP contribution < -0.4 is 0 Å². The molecule has 1 aromatic carbocycles. The average molecular weight is 238 g/mol. The number of nitro groups is 1. The van der Waals surface area contributed by atoms with Gasteiger partial charge in [0.25, 0.3) is 5.69 Å². The van der Waals surface area contributed by atoms with E-state index in [1.807, 2.05) is 25.9 Å².